The van der Waals surface area contributed by atoms with Gasteiger partial charge >= 0.3 is 0 Å². The van der Waals surface area contributed by atoms with Crippen molar-refractivity contribution in [3.05, 3.63) is 52.7 Å². The lowest BCUT2D eigenvalue weighted by Gasteiger charge is -1.96. The highest BCUT2D eigenvalue weighted by molar-refractivity contribution is 5.60. The van der Waals surface area contributed by atoms with Gasteiger partial charge in [-0.15, -0.1) is 0 Å². The molecule has 4 heteroatoms. The van der Waals surface area contributed by atoms with Crippen LogP contribution in [0.15, 0.2) is 42.6 Å². The quantitative estimate of drug-likeness (QED) is 0.581. The molecule has 0 saturated carbocycles. The Kier molecular flexibility index (Phi) is 2.02. The summed E-state index contributed by atoms with van der Waals surface area (Å²) in [6.07, 6.45) is 1.82. The van der Waals surface area contributed by atoms with Gasteiger partial charge in [-0.05, 0) is 29.8 Å². The number of rotatable bonds is 2. The van der Waals surface area contributed by atoms with Gasteiger partial charge in [0, 0.05) is 24.0 Å². The largest absolute Gasteiger partial charge is 0.361 e. The molecule has 0 bridgehead atoms. The Balaban J connectivity index is 2.36. The molecule has 0 fully saturated rings. The zero-order chi connectivity index (χ0) is 9.97. The van der Waals surface area contributed by atoms with E-state index in [4.69, 9.17) is 0 Å². The summed E-state index contributed by atoms with van der Waals surface area (Å²) < 4.78 is 0. The number of hydrogen-bond donors (Lipinski definition) is 1. The topological polar surface area (TPSA) is 58.9 Å². The first-order valence-corrected chi connectivity index (χ1v) is 4.15. The van der Waals surface area contributed by atoms with Crippen LogP contribution in [0.2, 0.25) is 0 Å². The van der Waals surface area contributed by atoms with Crippen LogP contribution in [0.4, 0.5) is 5.69 Å². The monoisotopic (exact) mass is 188 g/mol. The van der Waals surface area contributed by atoms with Gasteiger partial charge in [0.15, 0.2) is 0 Å². The Labute approximate surface area is 80.4 Å². The minimum Gasteiger partial charge on any atom is -0.361 e. The van der Waals surface area contributed by atoms with E-state index in [0.717, 1.165) is 11.3 Å². The molecule has 1 aromatic heterocycles. The molecule has 0 aliphatic rings. The molecule has 0 unspecified atom stereocenters. The molecule has 70 valence electrons. The van der Waals surface area contributed by atoms with Gasteiger partial charge in [0.25, 0.3) is 5.69 Å². The lowest BCUT2D eigenvalue weighted by Crippen LogP contribution is -1.86. The van der Waals surface area contributed by atoms with Gasteiger partial charge in [0.2, 0.25) is 0 Å². The van der Waals surface area contributed by atoms with Gasteiger partial charge in [-0.25, -0.2) is 0 Å². The van der Waals surface area contributed by atoms with Crippen LogP contribution in [-0.2, 0) is 0 Å². The van der Waals surface area contributed by atoms with Crippen LogP contribution in [0.3, 0.4) is 0 Å². The zero-order valence-electron chi connectivity index (χ0n) is 7.31. The number of nitro groups is 1. The lowest BCUT2D eigenvalue weighted by molar-refractivity contribution is -0.384. The third kappa shape index (κ3) is 1.50. The number of aromatic amines is 1. The Morgan fingerprint density at radius 2 is 1.86 bits per heavy atom. The molecule has 0 atom stereocenters. The second-order valence-electron chi connectivity index (χ2n) is 2.89. The van der Waals surface area contributed by atoms with Crippen molar-refractivity contribution >= 4 is 5.69 Å². The van der Waals surface area contributed by atoms with E-state index in [-0.39, 0.29) is 5.69 Å². The summed E-state index contributed by atoms with van der Waals surface area (Å²) in [7, 11) is 0. The molecular weight excluding hydrogens is 180 g/mol. The molecule has 1 N–H and O–H groups in total. The average molecular weight is 188 g/mol. The summed E-state index contributed by atoms with van der Waals surface area (Å²) >= 11 is 0. The minimum atomic E-state index is -0.404. The summed E-state index contributed by atoms with van der Waals surface area (Å²) in [5.41, 5.74) is 2.01. The number of hydrogen-bond acceptors (Lipinski definition) is 2. The molecule has 1 heterocycles. The summed E-state index contributed by atoms with van der Waals surface area (Å²) in [5, 5.41) is 10.4. The predicted molar refractivity (Wildman–Crippen MR) is 52.9 cm³/mol. The SMILES string of the molecule is O=[N+]([O-])c1ccc(-c2ccc[nH]2)cc1. The molecule has 2 rings (SSSR count). The van der Waals surface area contributed by atoms with Crippen molar-refractivity contribution in [3.63, 3.8) is 0 Å². The summed E-state index contributed by atoms with van der Waals surface area (Å²) in [6.45, 7) is 0. The Hall–Kier alpha value is -2.10. The molecule has 2 aromatic rings. The maximum absolute atomic E-state index is 10.4. The standard InChI is InChI=1S/C10H8N2O2/c13-12(14)9-5-3-8(4-6-9)10-2-1-7-11-10/h1-7,11H. The zero-order valence-corrected chi connectivity index (χ0v) is 7.31. The van der Waals surface area contributed by atoms with E-state index >= 15 is 0 Å². The van der Waals surface area contributed by atoms with E-state index in [1.807, 2.05) is 18.3 Å². The molecule has 0 amide bonds. The van der Waals surface area contributed by atoms with Crippen LogP contribution in [-0.4, -0.2) is 9.91 Å². The third-order valence-corrected chi connectivity index (χ3v) is 1.99. The second-order valence-corrected chi connectivity index (χ2v) is 2.89. The number of nitro benzene ring substituents is 1. The van der Waals surface area contributed by atoms with Gasteiger partial charge < -0.3 is 4.98 Å². The van der Waals surface area contributed by atoms with Gasteiger partial charge in [-0.2, -0.15) is 0 Å². The van der Waals surface area contributed by atoms with Gasteiger partial charge in [0.1, 0.15) is 0 Å². The normalized spacial score (nSPS) is 10.0. The molecule has 0 radical (unpaired) electrons. The van der Waals surface area contributed by atoms with Crippen molar-refractivity contribution in [2.75, 3.05) is 0 Å². The van der Waals surface area contributed by atoms with E-state index in [9.17, 15) is 10.1 Å². The van der Waals surface area contributed by atoms with Crippen molar-refractivity contribution in [2.45, 2.75) is 0 Å². The second kappa shape index (κ2) is 3.33. The van der Waals surface area contributed by atoms with Gasteiger partial charge in [0.05, 0.1) is 4.92 Å². The molecule has 0 saturated heterocycles. The Morgan fingerprint density at radius 3 is 2.36 bits per heavy atom. The van der Waals surface area contributed by atoms with E-state index < -0.39 is 4.92 Å². The highest BCUT2D eigenvalue weighted by Crippen LogP contribution is 2.20. The first kappa shape index (κ1) is 8.50. The number of non-ortho nitro benzene ring substituents is 1. The average Bonchev–Trinajstić information content (AvgIpc) is 2.71. The van der Waals surface area contributed by atoms with E-state index in [0.29, 0.717) is 0 Å². The Bertz CT molecular complexity index is 432. The van der Waals surface area contributed by atoms with Crippen LogP contribution in [0.5, 0.6) is 0 Å². The fourth-order valence-corrected chi connectivity index (χ4v) is 1.27. The van der Waals surface area contributed by atoms with Crippen LogP contribution in [0.25, 0.3) is 11.3 Å². The van der Waals surface area contributed by atoms with Crippen LogP contribution in [0, 0.1) is 10.1 Å². The molecule has 0 spiro atoms. The first-order chi connectivity index (χ1) is 6.77. The lowest BCUT2D eigenvalue weighted by atomic mass is 10.1. The summed E-state index contributed by atoms with van der Waals surface area (Å²) in [5.74, 6) is 0. The number of nitrogens with zero attached hydrogens (tertiary/aromatic N) is 1. The van der Waals surface area contributed by atoms with E-state index in [1.54, 1.807) is 12.1 Å². The number of benzene rings is 1. The summed E-state index contributed by atoms with van der Waals surface area (Å²) in [4.78, 5) is 13.0. The first-order valence-electron chi connectivity index (χ1n) is 4.15. The van der Waals surface area contributed by atoms with Gasteiger partial charge in [-0.3, -0.25) is 10.1 Å². The van der Waals surface area contributed by atoms with Crippen molar-refractivity contribution < 1.29 is 4.92 Å². The molecule has 0 aliphatic heterocycles. The predicted octanol–water partition coefficient (Wildman–Crippen LogP) is 2.59. The minimum absolute atomic E-state index is 0.111. The maximum atomic E-state index is 10.4. The molecule has 14 heavy (non-hydrogen) atoms. The van der Waals surface area contributed by atoms with E-state index in [1.165, 1.54) is 12.1 Å². The smallest absolute Gasteiger partial charge is 0.269 e. The molecule has 1 aromatic carbocycles. The van der Waals surface area contributed by atoms with E-state index in [2.05, 4.69) is 4.98 Å². The highest BCUT2D eigenvalue weighted by Gasteiger charge is 2.04. The molecular formula is C10H8N2O2. The third-order valence-electron chi connectivity index (χ3n) is 1.99. The highest BCUT2D eigenvalue weighted by atomic mass is 16.6. The Morgan fingerprint density at radius 1 is 1.14 bits per heavy atom. The number of aromatic nitrogens is 1. The van der Waals surface area contributed by atoms with Crippen molar-refractivity contribution in [1.29, 1.82) is 0 Å². The maximum Gasteiger partial charge on any atom is 0.269 e. The van der Waals surface area contributed by atoms with Crippen molar-refractivity contribution in [3.8, 4) is 11.3 Å². The fourth-order valence-electron chi connectivity index (χ4n) is 1.27. The number of H-pyrrole nitrogens is 1. The van der Waals surface area contributed by atoms with Crippen LogP contribution in [0.1, 0.15) is 0 Å². The van der Waals surface area contributed by atoms with Crippen LogP contribution < -0.4 is 0 Å². The van der Waals surface area contributed by atoms with Crippen molar-refractivity contribution in [2.24, 2.45) is 0 Å². The number of nitrogens with one attached hydrogen (secondary N) is 1. The fraction of sp³-hybridized carbons (Fsp3) is 0. The molecule has 4 nitrogen and oxygen atoms in total. The van der Waals surface area contributed by atoms with Gasteiger partial charge in [-0.1, -0.05) is 0 Å². The van der Waals surface area contributed by atoms with Crippen molar-refractivity contribution in [1.82, 2.24) is 4.98 Å². The molecule has 0 aliphatic carbocycles. The summed E-state index contributed by atoms with van der Waals surface area (Å²) in [6, 6.07) is 10.2. The van der Waals surface area contributed by atoms with Crippen LogP contribution >= 0.6 is 0 Å².